The number of rotatable bonds is 8. The smallest absolute Gasteiger partial charge is 0.339 e. The summed E-state index contributed by atoms with van der Waals surface area (Å²) >= 11 is 0. The highest BCUT2D eigenvalue weighted by molar-refractivity contribution is 5.90. The molecule has 0 aliphatic carbocycles. The average Bonchev–Trinajstić information content (AvgIpc) is 2.38. The molecule has 0 spiro atoms. The van der Waals surface area contributed by atoms with E-state index in [4.69, 9.17) is 9.84 Å². The van der Waals surface area contributed by atoms with Gasteiger partial charge in [-0.25, -0.2) is 4.79 Å². The highest BCUT2D eigenvalue weighted by Gasteiger charge is 2.10. The molecule has 0 fully saturated rings. The summed E-state index contributed by atoms with van der Waals surface area (Å²) in [4.78, 5) is 11.0. The van der Waals surface area contributed by atoms with Crippen molar-refractivity contribution in [2.75, 3.05) is 19.7 Å². The Morgan fingerprint density at radius 3 is 2.63 bits per heavy atom. The van der Waals surface area contributed by atoms with E-state index < -0.39 is 5.97 Å². The van der Waals surface area contributed by atoms with Crippen molar-refractivity contribution in [3.8, 4) is 5.75 Å². The summed E-state index contributed by atoms with van der Waals surface area (Å²) in [5.41, 5.74) is 0.207. The van der Waals surface area contributed by atoms with Gasteiger partial charge in [0.05, 0.1) is 0 Å². The molecule has 0 heterocycles. The van der Waals surface area contributed by atoms with Gasteiger partial charge in [0.2, 0.25) is 0 Å². The molecule has 1 atom stereocenters. The van der Waals surface area contributed by atoms with E-state index in [0.717, 1.165) is 6.54 Å². The van der Waals surface area contributed by atoms with Crippen LogP contribution in [0.4, 0.5) is 0 Å². The van der Waals surface area contributed by atoms with Crippen molar-refractivity contribution in [2.24, 2.45) is 11.8 Å². The largest absolute Gasteiger partial charge is 0.491 e. The third kappa shape index (κ3) is 5.30. The lowest BCUT2D eigenvalue weighted by Crippen LogP contribution is -2.28. The fraction of sp³-hybridized carbons (Fsp3) is 0.533. The number of carboxylic acids is 1. The van der Waals surface area contributed by atoms with Gasteiger partial charge in [-0.2, -0.15) is 0 Å². The summed E-state index contributed by atoms with van der Waals surface area (Å²) in [5, 5.41) is 12.3. The number of aromatic carboxylic acids is 1. The lowest BCUT2D eigenvalue weighted by Gasteiger charge is -2.16. The first kappa shape index (κ1) is 15.5. The van der Waals surface area contributed by atoms with Crippen molar-refractivity contribution in [1.82, 2.24) is 5.32 Å². The highest BCUT2D eigenvalue weighted by atomic mass is 16.5. The first-order chi connectivity index (χ1) is 9.02. The van der Waals surface area contributed by atoms with E-state index in [1.807, 2.05) is 0 Å². The molecule has 0 aromatic heterocycles. The maximum atomic E-state index is 11.0. The molecule has 19 heavy (non-hydrogen) atoms. The van der Waals surface area contributed by atoms with E-state index in [1.54, 1.807) is 24.3 Å². The van der Waals surface area contributed by atoms with Crippen LogP contribution >= 0.6 is 0 Å². The lowest BCUT2D eigenvalue weighted by molar-refractivity contribution is 0.0692. The van der Waals surface area contributed by atoms with E-state index in [0.29, 0.717) is 30.7 Å². The zero-order valence-electron chi connectivity index (χ0n) is 11.8. The third-order valence-corrected chi connectivity index (χ3v) is 3.26. The summed E-state index contributed by atoms with van der Waals surface area (Å²) in [7, 11) is 0. The monoisotopic (exact) mass is 265 g/mol. The van der Waals surface area contributed by atoms with Crippen molar-refractivity contribution < 1.29 is 14.6 Å². The number of hydrogen-bond acceptors (Lipinski definition) is 3. The fourth-order valence-electron chi connectivity index (χ4n) is 1.57. The Morgan fingerprint density at radius 1 is 1.32 bits per heavy atom. The summed E-state index contributed by atoms with van der Waals surface area (Å²) in [6, 6.07) is 6.70. The molecule has 2 N–H and O–H groups in total. The van der Waals surface area contributed by atoms with E-state index in [1.165, 1.54) is 0 Å². The number of carboxylic acid groups (broad SMARTS) is 1. The second-order valence-electron chi connectivity index (χ2n) is 5.08. The van der Waals surface area contributed by atoms with E-state index in [2.05, 4.69) is 26.1 Å². The van der Waals surface area contributed by atoms with Crippen LogP contribution in [0.1, 0.15) is 31.1 Å². The van der Waals surface area contributed by atoms with Crippen LogP contribution in [-0.2, 0) is 0 Å². The molecule has 0 bridgehead atoms. The molecule has 0 aliphatic heterocycles. The maximum absolute atomic E-state index is 11.0. The predicted octanol–water partition coefficient (Wildman–Crippen LogP) is 2.65. The Kier molecular flexibility index (Phi) is 6.36. The Hall–Kier alpha value is -1.55. The predicted molar refractivity (Wildman–Crippen MR) is 75.8 cm³/mol. The molecule has 0 saturated carbocycles. The van der Waals surface area contributed by atoms with Crippen molar-refractivity contribution in [2.45, 2.75) is 20.8 Å². The van der Waals surface area contributed by atoms with Crippen molar-refractivity contribution in [3.63, 3.8) is 0 Å². The Morgan fingerprint density at radius 2 is 2.00 bits per heavy atom. The summed E-state index contributed by atoms with van der Waals surface area (Å²) in [5.74, 6) is 0.734. The van der Waals surface area contributed by atoms with E-state index in [-0.39, 0.29) is 5.56 Å². The van der Waals surface area contributed by atoms with Crippen molar-refractivity contribution in [1.29, 1.82) is 0 Å². The molecule has 4 nitrogen and oxygen atoms in total. The lowest BCUT2D eigenvalue weighted by atomic mass is 9.98. The molecule has 0 amide bonds. The van der Waals surface area contributed by atoms with Gasteiger partial charge in [-0.15, -0.1) is 0 Å². The van der Waals surface area contributed by atoms with Crippen LogP contribution in [0.25, 0.3) is 0 Å². The molecular formula is C15H23NO3. The molecule has 4 heteroatoms. The number of carbonyl (C=O) groups is 1. The van der Waals surface area contributed by atoms with Crippen LogP contribution in [0.15, 0.2) is 24.3 Å². The number of ether oxygens (including phenoxy) is 1. The number of hydrogen-bond donors (Lipinski definition) is 2. The second kappa shape index (κ2) is 7.79. The average molecular weight is 265 g/mol. The minimum Gasteiger partial charge on any atom is -0.491 e. The third-order valence-electron chi connectivity index (χ3n) is 3.26. The van der Waals surface area contributed by atoms with Crippen molar-refractivity contribution >= 4 is 5.97 Å². The maximum Gasteiger partial charge on any atom is 0.339 e. The van der Waals surface area contributed by atoms with Gasteiger partial charge in [0.15, 0.2) is 0 Å². The van der Waals surface area contributed by atoms with E-state index >= 15 is 0 Å². The topological polar surface area (TPSA) is 58.6 Å². The summed E-state index contributed by atoms with van der Waals surface area (Å²) in [6.45, 7) is 8.73. The second-order valence-corrected chi connectivity index (χ2v) is 5.08. The van der Waals surface area contributed by atoms with Gasteiger partial charge in [-0.3, -0.25) is 0 Å². The standard InChI is InChI=1S/C15H23NO3/c1-11(2)12(3)10-16-8-9-19-14-7-5-4-6-13(14)15(17)18/h4-7,11-12,16H,8-10H2,1-3H3,(H,17,18). The first-order valence-corrected chi connectivity index (χ1v) is 6.68. The quantitative estimate of drug-likeness (QED) is 0.709. The zero-order valence-corrected chi connectivity index (χ0v) is 11.8. The Bertz CT molecular complexity index is 404. The molecule has 106 valence electrons. The fourth-order valence-corrected chi connectivity index (χ4v) is 1.57. The Labute approximate surface area is 114 Å². The molecular weight excluding hydrogens is 242 g/mol. The summed E-state index contributed by atoms with van der Waals surface area (Å²) in [6.07, 6.45) is 0. The number of nitrogens with one attached hydrogen (secondary N) is 1. The molecule has 1 unspecified atom stereocenters. The molecule has 1 aromatic rings. The van der Waals surface area contributed by atoms with Crippen LogP contribution < -0.4 is 10.1 Å². The van der Waals surface area contributed by atoms with Gasteiger partial charge in [0, 0.05) is 6.54 Å². The van der Waals surface area contributed by atoms with Crippen LogP contribution in [0, 0.1) is 11.8 Å². The van der Waals surface area contributed by atoms with Gasteiger partial charge in [-0.05, 0) is 30.5 Å². The molecule has 1 aromatic carbocycles. The van der Waals surface area contributed by atoms with Gasteiger partial charge in [-0.1, -0.05) is 32.9 Å². The highest BCUT2D eigenvalue weighted by Crippen LogP contribution is 2.17. The normalized spacial score (nSPS) is 12.4. The molecule has 0 aliphatic rings. The van der Waals surface area contributed by atoms with Gasteiger partial charge >= 0.3 is 5.97 Å². The van der Waals surface area contributed by atoms with E-state index in [9.17, 15) is 4.79 Å². The minimum absolute atomic E-state index is 0.207. The molecule has 1 rings (SSSR count). The van der Waals surface area contributed by atoms with Crippen LogP contribution in [0.2, 0.25) is 0 Å². The molecule has 0 saturated heterocycles. The first-order valence-electron chi connectivity index (χ1n) is 6.68. The summed E-state index contributed by atoms with van der Waals surface area (Å²) < 4.78 is 5.50. The van der Waals surface area contributed by atoms with Crippen LogP contribution in [0.5, 0.6) is 5.75 Å². The van der Waals surface area contributed by atoms with Crippen molar-refractivity contribution in [3.05, 3.63) is 29.8 Å². The SMILES string of the molecule is CC(C)C(C)CNCCOc1ccccc1C(=O)O. The number of para-hydroxylation sites is 1. The van der Waals surface area contributed by atoms with Gasteiger partial charge in [0.25, 0.3) is 0 Å². The van der Waals surface area contributed by atoms with Gasteiger partial charge in [0.1, 0.15) is 17.9 Å². The van der Waals surface area contributed by atoms with Gasteiger partial charge < -0.3 is 15.2 Å². The Balaban J connectivity index is 2.32. The molecule has 0 radical (unpaired) electrons. The van der Waals surface area contributed by atoms with Crippen LogP contribution in [0.3, 0.4) is 0 Å². The minimum atomic E-state index is -0.961. The zero-order chi connectivity index (χ0) is 14.3. The number of benzene rings is 1. The van der Waals surface area contributed by atoms with Crippen LogP contribution in [-0.4, -0.2) is 30.8 Å².